The summed E-state index contributed by atoms with van der Waals surface area (Å²) in [6.45, 7) is 2.62. The number of piperidine rings is 2. The second-order valence-electron chi connectivity index (χ2n) is 4.52. The molecule has 4 aliphatic rings. The number of fused-ring (bicyclic) bond motifs is 2. The van der Waals surface area contributed by atoms with Crippen LogP contribution >= 0.6 is 0 Å². The molecule has 0 unspecified atom stereocenters. The van der Waals surface area contributed by atoms with Gasteiger partial charge in [-0.2, -0.15) is 0 Å². The van der Waals surface area contributed by atoms with E-state index in [2.05, 4.69) is 4.90 Å². The molecule has 0 spiro atoms. The van der Waals surface area contributed by atoms with Crippen molar-refractivity contribution in [1.82, 2.24) is 4.90 Å². The monoisotopic (exact) mass is 152 g/mol. The van der Waals surface area contributed by atoms with Crippen molar-refractivity contribution >= 4 is 0 Å². The van der Waals surface area contributed by atoms with Crippen molar-refractivity contribution in [3.05, 3.63) is 0 Å². The highest BCUT2D eigenvalue weighted by atomic mass is 15.2. The maximum Gasteiger partial charge on any atom is 0.0120 e. The van der Waals surface area contributed by atoms with E-state index in [-0.39, 0.29) is 0 Å². The molecule has 62 valence electrons. The third-order valence-electron chi connectivity index (χ3n) is 3.70. The van der Waals surface area contributed by atoms with Crippen molar-refractivity contribution in [1.29, 1.82) is 0 Å². The van der Waals surface area contributed by atoms with Gasteiger partial charge in [-0.15, -0.1) is 0 Å². The first-order valence-electron chi connectivity index (χ1n) is 4.84. The number of nitrogens with zero attached hydrogens (tertiary/aromatic N) is 1. The molecule has 2 aliphatic carbocycles. The first-order valence-corrected chi connectivity index (χ1v) is 4.84. The second kappa shape index (κ2) is 1.99. The van der Waals surface area contributed by atoms with Crippen molar-refractivity contribution in [2.75, 3.05) is 13.1 Å². The van der Waals surface area contributed by atoms with Crippen LogP contribution in [0.5, 0.6) is 0 Å². The molecule has 0 aromatic carbocycles. The average molecular weight is 152 g/mol. The topological polar surface area (TPSA) is 29.3 Å². The highest BCUT2D eigenvalue weighted by Crippen LogP contribution is 2.42. The van der Waals surface area contributed by atoms with Crippen LogP contribution in [0.15, 0.2) is 0 Å². The zero-order valence-electron chi connectivity index (χ0n) is 6.87. The Morgan fingerprint density at radius 3 is 2.18 bits per heavy atom. The first kappa shape index (κ1) is 6.44. The molecule has 0 amide bonds. The van der Waals surface area contributed by atoms with Gasteiger partial charge in [-0.3, -0.25) is 4.90 Å². The smallest absolute Gasteiger partial charge is 0.0120 e. The van der Waals surface area contributed by atoms with Gasteiger partial charge in [-0.05, 0) is 31.1 Å². The van der Waals surface area contributed by atoms with Crippen LogP contribution < -0.4 is 5.73 Å². The summed E-state index contributed by atoms with van der Waals surface area (Å²) < 4.78 is 0. The fourth-order valence-electron chi connectivity index (χ4n) is 2.70. The predicted molar refractivity (Wildman–Crippen MR) is 44.2 cm³/mol. The molecule has 0 aromatic rings. The predicted octanol–water partition coefficient (Wildman–Crippen LogP) is 0.428. The van der Waals surface area contributed by atoms with E-state index in [9.17, 15) is 0 Å². The summed E-state index contributed by atoms with van der Waals surface area (Å²) >= 11 is 0. The maximum absolute atomic E-state index is 5.98. The highest BCUT2D eigenvalue weighted by Gasteiger charge is 2.47. The van der Waals surface area contributed by atoms with Crippen LogP contribution in [0, 0.1) is 11.8 Å². The molecule has 2 saturated carbocycles. The molecule has 4 rings (SSSR count). The summed E-state index contributed by atoms with van der Waals surface area (Å²) in [5.41, 5.74) is 5.98. The Kier molecular flexibility index (Phi) is 1.16. The summed E-state index contributed by atoms with van der Waals surface area (Å²) in [4.78, 5) is 2.67. The molecule has 2 bridgehead atoms. The van der Waals surface area contributed by atoms with E-state index in [1.54, 1.807) is 0 Å². The molecule has 0 radical (unpaired) electrons. The Hall–Kier alpha value is -0.0800. The minimum atomic E-state index is 0.560. The lowest BCUT2D eigenvalue weighted by Gasteiger charge is -2.52. The van der Waals surface area contributed by atoms with Crippen molar-refractivity contribution in [2.24, 2.45) is 17.6 Å². The third-order valence-corrected chi connectivity index (χ3v) is 3.70. The van der Waals surface area contributed by atoms with Crippen LogP contribution in [-0.2, 0) is 0 Å². The van der Waals surface area contributed by atoms with Crippen LogP contribution in [0.25, 0.3) is 0 Å². The van der Waals surface area contributed by atoms with Crippen molar-refractivity contribution in [3.8, 4) is 0 Å². The van der Waals surface area contributed by atoms with Crippen LogP contribution in [0.2, 0.25) is 0 Å². The molecule has 2 saturated heterocycles. The lowest BCUT2D eigenvalue weighted by molar-refractivity contribution is -0.00153. The van der Waals surface area contributed by atoms with Gasteiger partial charge < -0.3 is 5.73 Å². The van der Waals surface area contributed by atoms with Gasteiger partial charge in [0.2, 0.25) is 0 Å². The largest absolute Gasteiger partial charge is 0.327 e. The number of hydrogen-bond donors (Lipinski definition) is 1. The number of rotatable bonds is 1. The summed E-state index contributed by atoms with van der Waals surface area (Å²) in [6, 6.07) is 1.53. The fourth-order valence-corrected chi connectivity index (χ4v) is 2.70. The van der Waals surface area contributed by atoms with Crippen LogP contribution in [0.3, 0.4) is 0 Å². The number of nitrogens with two attached hydrogens (primary N) is 1. The highest BCUT2D eigenvalue weighted by molar-refractivity contribution is 5.02. The molecule has 2 nitrogen and oxygen atoms in total. The van der Waals surface area contributed by atoms with Crippen molar-refractivity contribution in [2.45, 2.75) is 31.3 Å². The van der Waals surface area contributed by atoms with E-state index in [0.29, 0.717) is 6.04 Å². The van der Waals surface area contributed by atoms with E-state index in [0.717, 1.165) is 17.9 Å². The molecule has 2 aliphatic heterocycles. The Morgan fingerprint density at radius 2 is 1.73 bits per heavy atom. The Bertz CT molecular complexity index is 164. The Balaban J connectivity index is 1.67. The SMILES string of the molecule is NC1[C@@H]2C[C@@H]1CN(C1CC1)C2. The van der Waals surface area contributed by atoms with E-state index in [1.807, 2.05) is 0 Å². The summed E-state index contributed by atoms with van der Waals surface area (Å²) in [6.07, 6.45) is 4.33. The molecule has 2 N–H and O–H groups in total. The van der Waals surface area contributed by atoms with Gasteiger partial charge in [0.05, 0.1) is 0 Å². The lowest BCUT2D eigenvalue weighted by atomic mass is 9.67. The summed E-state index contributed by atoms with van der Waals surface area (Å²) in [7, 11) is 0. The van der Waals surface area contributed by atoms with Crippen molar-refractivity contribution in [3.63, 3.8) is 0 Å². The average Bonchev–Trinajstić information content (AvgIpc) is 2.86. The molecule has 4 fully saturated rings. The Labute approximate surface area is 67.7 Å². The summed E-state index contributed by atoms with van der Waals surface area (Å²) in [5.74, 6) is 1.71. The van der Waals surface area contributed by atoms with E-state index < -0.39 is 0 Å². The summed E-state index contributed by atoms with van der Waals surface area (Å²) in [5, 5.41) is 0. The second-order valence-corrected chi connectivity index (χ2v) is 4.52. The normalized spacial score (nSPS) is 50.5. The van der Waals surface area contributed by atoms with Crippen molar-refractivity contribution < 1.29 is 0 Å². The zero-order chi connectivity index (χ0) is 7.42. The van der Waals surface area contributed by atoms with Crippen LogP contribution in [0.1, 0.15) is 19.3 Å². The molecule has 0 aromatic heterocycles. The molecular formula is C9H16N2. The van der Waals surface area contributed by atoms with E-state index in [1.165, 1.54) is 32.4 Å². The van der Waals surface area contributed by atoms with E-state index >= 15 is 0 Å². The van der Waals surface area contributed by atoms with Crippen LogP contribution in [-0.4, -0.2) is 30.1 Å². The zero-order valence-corrected chi connectivity index (χ0v) is 6.87. The van der Waals surface area contributed by atoms with Gasteiger partial charge in [0.1, 0.15) is 0 Å². The maximum atomic E-state index is 5.98. The molecule has 2 heteroatoms. The van der Waals surface area contributed by atoms with Gasteiger partial charge in [-0.1, -0.05) is 0 Å². The quantitative estimate of drug-likeness (QED) is 0.590. The van der Waals surface area contributed by atoms with Gasteiger partial charge in [0, 0.05) is 25.2 Å². The fraction of sp³-hybridized carbons (Fsp3) is 1.00. The van der Waals surface area contributed by atoms with Gasteiger partial charge in [0.15, 0.2) is 0 Å². The molecule has 11 heavy (non-hydrogen) atoms. The minimum Gasteiger partial charge on any atom is -0.327 e. The third kappa shape index (κ3) is 0.859. The first-order chi connectivity index (χ1) is 5.34. The Morgan fingerprint density at radius 1 is 1.09 bits per heavy atom. The standard InChI is InChI=1S/C9H16N2/c10-9-6-3-7(9)5-11(4-6)8-1-2-8/h6-9H,1-5,10H2/t6-,7-/m1/s1. The number of hydrogen-bond acceptors (Lipinski definition) is 2. The minimum absolute atomic E-state index is 0.560. The lowest BCUT2D eigenvalue weighted by Crippen LogP contribution is -2.62. The molecule has 2 heterocycles. The van der Waals surface area contributed by atoms with E-state index in [4.69, 9.17) is 5.73 Å². The molecular weight excluding hydrogens is 136 g/mol. The van der Waals surface area contributed by atoms with Crippen LogP contribution in [0.4, 0.5) is 0 Å². The van der Waals surface area contributed by atoms with Gasteiger partial charge in [0.25, 0.3) is 0 Å². The molecule has 2 atom stereocenters. The van der Waals surface area contributed by atoms with Gasteiger partial charge in [-0.25, -0.2) is 0 Å². The van der Waals surface area contributed by atoms with Gasteiger partial charge >= 0.3 is 0 Å².